The van der Waals surface area contributed by atoms with E-state index in [1.165, 1.54) is 0 Å². The van der Waals surface area contributed by atoms with E-state index in [4.69, 9.17) is 0 Å². The quantitative estimate of drug-likeness (QED) is 0.888. The lowest BCUT2D eigenvalue weighted by atomic mass is 10.1. The van der Waals surface area contributed by atoms with E-state index in [1.54, 1.807) is 10.7 Å². The second kappa shape index (κ2) is 5.64. The zero-order valence-electron chi connectivity index (χ0n) is 13.0. The first-order valence-electron chi connectivity index (χ1n) is 7.42. The van der Waals surface area contributed by atoms with Crippen LogP contribution in [0.15, 0.2) is 6.07 Å². The minimum absolute atomic E-state index is 0.00706. The number of nitrogens with zero attached hydrogens (tertiary/aromatic N) is 3. The molecule has 0 radical (unpaired) electrons. The largest absolute Gasteiger partial charge is 0.350 e. The van der Waals surface area contributed by atoms with Crippen molar-refractivity contribution < 1.29 is 9.18 Å². The van der Waals surface area contributed by atoms with Crippen molar-refractivity contribution in [2.24, 2.45) is 7.05 Å². The number of alkyl halides is 1. The van der Waals surface area contributed by atoms with E-state index in [2.05, 4.69) is 20.7 Å². The Kier molecular flexibility index (Phi) is 3.82. The normalized spacial score (nSPS) is 21.5. The summed E-state index contributed by atoms with van der Waals surface area (Å²) in [6, 6.07) is 1.76. The fourth-order valence-corrected chi connectivity index (χ4v) is 2.99. The van der Waals surface area contributed by atoms with Gasteiger partial charge < -0.3 is 10.6 Å². The Labute approximate surface area is 128 Å². The summed E-state index contributed by atoms with van der Waals surface area (Å²) in [7, 11) is 1.81. The van der Waals surface area contributed by atoms with Crippen LogP contribution in [0.4, 0.5) is 4.39 Å². The van der Waals surface area contributed by atoms with Gasteiger partial charge in [0.2, 0.25) is 0 Å². The molecule has 2 aromatic heterocycles. The van der Waals surface area contributed by atoms with Crippen LogP contribution in [-0.2, 0) is 7.05 Å². The summed E-state index contributed by atoms with van der Waals surface area (Å²) in [5, 5.41) is 11.0. The van der Waals surface area contributed by atoms with Gasteiger partial charge in [0, 0.05) is 31.9 Å². The average molecular weight is 305 g/mol. The molecule has 6 nitrogen and oxygen atoms in total. The second-order valence-corrected chi connectivity index (χ2v) is 5.87. The van der Waals surface area contributed by atoms with Crippen molar-refractivity contribution in [3.63, 3.8) is 0 Å². The molecule has 1 aliphatic heterocycles. The smallest absolute Gasteiger partial charge is 0.252 e. The summed E-state index contributed by atoms with van der Waals surface area (Å²) >= 11 is 0. The lowest BCUT2D eigenvalue weighted by molar-refractivity contribution is 0.0951. The SMILES string of the molecule is Cc1cc(C(=O)NC[C@@H]2C[C@H](F)CN2)c2c(C)nn(C)c2n1. The van der Waals surface area contributed by atoms with Crippen molar-refractivity contribution >= 4 is 16.9 Å². The molecule has 3 heterocycles. The summed E-state index contributed by atoms with van der Waals surface area (Å²) in [5.41, 5.74) is 2.81. The topological polar surface area (TPSA) is 71.8 Å². The number of carbonyl (C=O) groups excluding carboxylic acids is 1. The van der Waals surface area contributed by atoms with Crippen molar-refractivity contribution in [3.05, 3.63) is 23.0 Å². The Bertz CT molecular complexity index is 726. The molecule has 118 valence electrons. The molecule has 0 aliphatic carbocycles. The van der Waals surface area contributed by atoms with Gasteiger partial charge in [-0.3, -0.25) is 9.48 Å². The fraction of sp³-hybridized carbons (Fsp3) is 0.533. The zero-order valence-corrected chi connectivity index (χ0v) is 13.0. The maximum Gasteiger partial charge on any atom is 0.252 e. The van der Waals surface area contributed by atoms with Gasteiger partial charge in [-0.2, -0.15) is 5.10 Å². The highest BCUT2D eigenvalue weighted by Crippen LogP contribution is 2.21. The predicted molar refractivity (Wildman–Crippen MR) is 81.6 cm³/mol. The lowest BCUT2D eigenvalue weighted by Crippen LogP contribution is -2.37. The number of halogens is 1. The van der Waals surface area contributed by atoms with Crippen molar-refractivity contribution in [1.82, 2.24) is 25.4 Å². The third-order valence-corrected chi connectivity index (χ3v) is 4.02. The van der Waals surface area contributed by atoms with Gasteiger partial charge in [0.1, 0.15) is 6.17 Å². The molecule has 0 saturated carbocycles. The second-order valence-electron chi connectivity index (χ2n) is 5.87. The summed E-state index contributed by atoms with van der Waals surface area (Å²) in [6.07, 6.45) is -0.380. The minimum Gasteiger partial charge on any atom is -0.350 e. The minimum atomic E-state index is -0.822. The standard InChI is InChI=1S/C15H20FN5O/c1-8-4-12(13-9(2)20-21(3)14(13)19-8)15(22)18-7-11-5-10(16)6-17-11/h4,10-11,17H,5-7H2,1-3H3,(H,18,22)/t10-,11-/m0/s1. The van der Waals surface area contributed by atoms with Crippen molar-refractivity contribution in [2.75, 3.05) is 13.1 Å². The number of amides is 1. The molecule has 1 amide bonds. The Morgan fingerprint density at radius 3 is 3.00 bits per heavy atom. The van der Waals surface area contributed by atoms with E-state index < -0.39 is 6.17 Å². The summed E-state index contributed by atoms with van der Waals surface area (Å²) < 4.78 is 14.8. The zero-order chi connectivity index (χ0) is 15.9. The Hall–Kier alpha value is -2.02. The molecule has 2 aromatic rings. The number of hydrogen-bond acceptors (Lipinski definition) is 4. The van der Waals surface area contributed by atoms with Gasteiger partial charge in [-0.15, -0.1) is 0 Å². The van der Waals surface area contributed by atoms with Crippen LogP contribution in [-0.4, -0.2) is 46.0 Å². The van der Waals surface area contributed by atoms with Crippen molar-refractivity contribution in [2.45, 2.75) is 32.5 Å². The number of nitrogens with one attached hydrogen (secondary N) is 2. The van der Waals surface area contributed by atoms with E-state index in [0.717, 1.165) is 16.8 Å². The Balaban J connectivity index is 1.84. The molecule has 22 heavy (non-hydrogen) atoms. The van der Waals surface area contributed by atoms with Crippen LogP contribution in [0.1, 0.15) is 28.2 Å². The number of aromatic nitrogens is 3. The van der Waals surface area contributed by atoms with Crippen LogP contribution in [0, 0.1) is 13.8 Å². The third kappa shape index (κ3) is 2.68. The molecule has 2 N–H and O–H groups in total. The maximum atomic E-state index is 13.1. The number of hydrogen-bond donors (Lipinski definition) is 2. The molecule has 2 atom stereocenters. The highest BCUT2D eigenvalue weighted by atomic mass is 19.1. The molecule has 0 bridgehead atoms. The van der Waals surface area contributed by atoms with Gasteiger partial charge in [0.05, 0.1) is 16.6 Å². The predicted octanol–water partition coefficient (Wildman–Crippen LogP) is 1.01. The van der Waals surface area contributed by atoms with E-state index in [9.17, 15) is 9.18 Å². The molecule has 1 fully saturated rings. The van der Waals surface area contributed by atoms with Crippen LogP contribution < -0.4 is 10.6 Å². The first kappa shape index (κ1) is 14.9. The highest BCUT2D eigenvalue weighted by Gasteiger charge is 2.24. The maximum absolute atomic E-state index is 13.1. The highest BCUT2D eigenvalue weighted by molar-refractivity contribution is 6.06. The number of fused-ring (bicyclic) bond motifs is 1. The molecule has 0 aromatic carbocycles. The third-order valence-electron chi connectivity index (χ3n) is 4.02. The molecular formula is C15H20FN5O. The van der Waals surface area contributed by atoms with Gasteiger partial charge in [-0.25, -0.2) is 9.37 Å². The van der Waals surface area contributed by atoms with Crippen LogP contribution in [0.25, 0.3) is 11.0 Å². The number of rotatable bonds is 3. The fourth-order valence-electron chi connectivity index (χ4n) is 2.99. The number of carbonyl (C=O) groups is 1. The van der Waals surface area contributed by atoms with Crippen LogP contribution in [0.3, 0.4) is 0 Å². The summed E-state index contributed by atoms with van der Waals surface area (Å²) in [5.74, 6) is -0.171. The summed E-state index contributed by atoms with van der Waals surface area (Å²) in [4.78, 5) is 17.0. The van der Waals surface area contributed by atoms with Gasteiger partial charge in [-0.1, -0.05) is 0 Å². The number of aryl methyl sites for hydroxylation is 3. The molecule has 0 spiro atoms. The van der Waals surface area contributed by atoms with E-state index in [1.807, 2.05) is 20.9 Å². The van der Waals surface area contributed by atoms with Crippen LogP contribution >= 0.6 is 0 Å². The molecule has 3 rings (SSSR count). The monoisotopic (exact) mass is 305 g/mol. The molecule has 0 unspecified atom stereocenters. The average Bonchev–Trinajstić information content (AvgIpc) is 3.00. The molecule has 7 heteroatoms. The molecule has 1 aliphatic rings. The van der Waals surface area contributed by atoms with E-state index in [0.29, 0.717) is 30.7 Å². The summed E-state index contributed by atoms with van der Waals surface area (Å²) in [6.45, 7) is 4.50. The van der Waals surface area contributed by atoms with Gasteiger partial charge in [0.15, 0.2) is 5.65 Å². The first-order chi connectivity index (χ1) is 10.5. The Morgan fingerprint density at radius 2 is 2.32 bits per heavy atom. The van der Waals surface area contributed by atoms with Crippen LogP contribution in [0.2, 0.25) is 0 Å². The first-order valence-corrected chi connectivity index (χ1v) is 7.42. The Morgan fingerprint density at radius 1 is 1.55 bits per heavy atom. The van der Waals surface area contributed by atoms with E-state index >= 15 is 0 Å². The molecular weight excluding hydrogens is 285 g/mol. The van der Waals surface area contributed by atoms with Gasteiger partial charge >= 0.3 is 0 Å². The van der Waals surface area contributed by atoms with Gasteiger partial charge in [0.25, 0.3) is 5.91 Å². The molecule has 1 saturated heterocycles. The number of pyridine rings is 1. The van der Waals surface area contributed by atoms with Gasteiger partial charge in [-0.05, 0) is 26.3 Å². The van der Waals surface area contributed by atoms with Crippen molar-refractivity contribution in [3.8, 4) is 0 Å². The lowest BCUT2D eigenvalue weighted by Gasteiger charge is -2.12. The van der Waals surface area contributed by atoms with E-state index in [-0.39, 0.29) is 11.9 Å². The van der Waals surface area contributed by atoms with Crippen LogP contribution in [0.5, 0.6) is 0 Å². The van der Waals surface area contributed by atoms with Crippen molar-refractivity contribution in [1.29, 1.82) is 0 Å².